The molecule has 0 N–H and O–H groups in total. The summed E-state index contributed by atoms with van der Waals surface area (Å²) in [6.45, 7) is 0.262. The van der Waals surface area contributed by atoms with Gasteiger partial charge in [-0.15, -0.1) is 4.91 Å². The standard InChI is InChI=1S/C21H13Cl2FN2O2/c22-14-5-3-13(4-6-14)20-18-16(9-10-17(24)19(18)23)21(27)26(20)11-12-1-7-15(25-28)8-2-12/h1-10,20H,11H2. The molecule has 0 radical (unpaired) electrons. The molecule has 1 atom stereocenters. The number of rotatable bonds is 4. The van der Waals surface area contributed by atoms with Crippen LogP contribution in [0.1, 0.15) is 33.1 Å². The lowest BCUT2D eigenvalue weighted by molar-refractivity contribution is 0.0736. The Hall–Kier alpha value is -2.76. The zero-order valence-electron chi connectivity index (χ0n) is 14.4. The molecule has 0 aromatic heterocycles. The number of halogens is 3. The van der Waals surface area contributed by atoms with Gasteiger partial charge < -0.3 is 4.90 Å². The van der Waals surface area contributed by atoms with Crippen molar-refractivity contribution >= 4 is 34.8 Å². The van der Waals surface area contributed by atoms with Crippen LogP contribution in [0.5, 0.6) is 0 Å². The average molecular weight is 415 g/mol. The average Bonchev–Trinajstić information content (AvgIpc) is 2.98. The third kappa shape index (κ3) is 3.17. The van der Waals surface area contributed by atoms with Gasteiger partial charge in [0, 0.05) is 22.7 Å². The number of hydrogen-bond donors (Lipinski definition) is 0. The summed E-state index contributed by atoms with van der Waals surface area (Å²) in [6, 6.07) is 15.8. The molecule has 0 spiro atoms. The number of carbonyl (C=O) groups excluding carboxylic acids is 1. The molecule has 0 fully saturated rings. The quantitative estimate of drug-likeness (QED) is 0.471. The normalized spacial score (nSPS) is 15.6. The van der Waals surface area contributed by atoms with E-state index in [0.717, 1.165) is 11.1 Å². The lowest BCUT2D eigenvalue weighted by Crippen LogP contribution is -2.28. The van der Waals surface area contributed by atoms with Gasteiger partial charge in [-0.25, -0.2) is 4.39 Å². The number of benzene rings is 3. The van der Waals surface area contributed by atoms with Crippen LogP contribution in [0.2, 0.25) is 10.0 Å². The molecule has 0 saturated carbocycles. The molecule has 3 aromatic carbocycles. The second kappa shape index (κ2) is 7.34. The van der Waals surface area contributed by atoms with Crippen LogP contribution in [-0.2, 0) is 6.54 Å². The van der Waals surface area contributed by atoms with Gasteiger partial charge in [-0.3, -0.25) is 4.79 Å². The fourth-order valence-electron chi connectivity index (χ4n) is 3.46. The third-order valence-electron chi connectivity index (χ3n) is 4.79. The Kier molecular flexibility index (Phi) is 4.87. The van der Waals surface area contributed by atoms with Crippen molar-refractivity contribution in [3.8, 4) is 0 Å². The predicted molar refractivity (Wildman–Crippen MR) is 106 cm³/mol. The van der Waals surface area contributed by atoms with Crippen molar-refractivity contribution in [3.63, 3.8) is 0 Å². The number of hydrogen-bond acceptors (Lipinski definition) is 3. The maximum Gasteiger partial charge on any atom is 0.255 e. The van der Waals surface area contributed by atoms with E-state index in [1.165, 1.54) is 12.1 Å². The molecule has 3 aromatic rings. The van der Waals surface area contributed by atoms with Gasteiger partial charge in [0.15, 0.2) is 0 Å². The van der Waals surface area contributed by atoms with E-state index in [1.807, 2.05) is 0 Å². The second-order valence-electron chi connectivity index (χ2n) is 6.47. The number of fused-ring (bicyclic) bond motifs is 1. The fourth-order valence-corrected chi connectivity index (χ4v) is 3.86. The lowest BCUT2D eigenvalue weighted by atomic mass is 9.97. The maximum absolute atomic E-state index is 14.2. The molecule has 0 aliphatic carbocycles. The Morgan fingerprint density at radius 3 is 2.29 bits per heavy atom. The van der Waals surface area contributed by atoms with Crippen molar-refractivity contribution < 1.29 is 9.18 Å². The summed E-state index contributed by atoms with van der Waals surface area (Å²) < 4.78 is 14.2. The predicted octanol–water partition coefficient (Wildman–Crippen LogP) is 6.28. The highest BCUT2D eigenvalue weighted by Crippen LogP contribution is 2.44. The van der Waals surface area contributed by atoms with E-state index in [4.69, 9.17) is 23.2 Å². The molecule has 7 heteroatoms. The Morgan fingerprint density at radius 2 is 1.64 bits per heavy atom. The molecule has 4 rings (SSSR count). The molecule has 28 heavy (non-hydrogen) atoms. The SMILES string of the molecule is O=Nc1ccc(CN2C(=O)c3ccc(F)c(Cl)c3C2c2ccc(Cl)cc2)cc1. The second-order valence-corrected chi connectivity index (χ2v) is 7.28. The Labute approximate surface area is 170 Å². The fraction of sp³-hybridized carbons (Fsp3) is 0.0952. The minimum atomic E-state index is -0.574. The molecule has 140 valence electrons. The minimum Gasteiger partial charge on any atom is -0.323 e. The molecular formula is C21H13Cl2FN2O2. The van der Waals surface area contributed by atoms with Crippen molar-refractivity contribution in [1.82, 2.24) is 4.90 Å². The molecule has 1 unspecified atom stereocenters. The van der Waals surface area contributed by atoms with E-state index in [2.05, 4.69) is 5.18 Å². The molecule has 1 heterocycles. The molecule has 1 aliphatic heterocycles. The summed E-state index contributed by atoms with van der Waals surface area (Å²) in [6.07, 6.45) is 0. The highest BCUT2D eigenvalue weighted by Gasteiger charge is 2.40. The van der Waals surface area contributed by atoms with Gasteiger partial charge in [0.25, 0.3) is 5.91 Å². The summed E-state index contributed by atoms with van der Waals surface area (Å²) in [5, 5.41) is 3.38. The molecule has 1 amide bonds. The van der Waals surface area contributed by atoms with Crippen molar-refractivity contribution in [1.29, 1.82) is 0 Å². The van der Waals surface area contributed by atoms with Crippen LogP contribution in [-0.4, -0.2) is 10.8 Å². The molecule has 4 nitrogen and oxygen atoms in total. The van der Waals surface area contributed by atoms with Crippen molar-refractivity contribution in [2.45, 2.75) is 12.6 Å². The number of nitroso groups, excluding NO2 is 1. The zero-order chi connectivity index (χ0) is 19.8. The van der Waals surface area contributed by atoms with Crippen molar-refractivity contribution in [3.05, 3.63) is 104 Å². The summed E-state index contributed by atoms with van der Waals surface area (Å²) in [4.78, 5) is 25.3. The first-order chi connectivity index (χ1) is 13.5. The molecule has 0 bridgehead atoms. The van der Waals surface area contributed by atoms with E-state index in [1.54, 1.807) is 53.4 Å². The monoisotopic (exact) mass is 414 g/mol. The van der Waals surface area contributed by atoms with Gasteiger partial charge >= 0.3 is 0 Å². The maximum atomic E-state index is 14.2. The Bertz CT molecular complexity index is 1070. The highest BCUT2D eigenvalue weighted by atomic mass is 35.5. The highest BCUT2D eigenvalue weighted by molar-refractivity contribution is 6.32. The van der Waals surface area contributed by atoms with Gasteiger partial charge in [0.1, 0.15) is 11.5 Å². The summed E-state index contributed by atoms with van der Waals surface area (Å²) in [5.41, 5.74) is 2.70. The van der Waals surface area contributed by atoms with Crippen LogP contribution in [0, 0.1) is 10.7 Å². The van der Waals surface area contributed by atoms with E-state index in [9.17, 15) is 14.1 Å². The largest absolute Gasteiger partial charge is 0.323 e. The summed E-state index contributed by atoms with van der Waals surface area (Å²) >= 11 is 12.3. The first-order valence-corrected chi connectivity index (χ1v) is 9.22. The molecule has 0 saturated heterocycles. The first kappa shape index (κ1) is 18.6. The summed E-state index contributed by atoms with van der Waals surface area (Å²) in [5.74, 6) is -0.815. The van der Waals surface area contributed by atoms with Crippen LogP contribution in [0.15, 0.2) is 65.8 Å². The number of amides is 1. The van der Waals surface area contributed by atoms with E-state index >= 15 is 0 Å². The van der Waals surface area contributed by atoms with Gasteiger partial charge in [-0.05, 0) is 52.7 Å². The van der Waals surface area contributed by atoms with Crippen LogP contribution in [0.25, 0.3) is 0 Å². The van der Waals surface area contributed by atoms with E-state index < -0.39 is 11.9 Å². The van der Waals surface area contributed by atoms with E-state index in [0.29, 0.717) is 21.8 Å². The van der Waals surface area contributed by atoms with Gasteiger partial charge in [0.05, 0.1) is 11.1 Å². The van der Waals surface area contributed by atoms with Crippen LogP contribution >= 0.6 is 23.2 Å². The first-order valence-electron chi connectivity index (χ1n) is 8.46. The Morgan fingerprint density at radius 1 is 0.964 bits per heavy atom. The van der Waals surface area contributed by atoms with E-state index in [-0.39, 0.29) is 17.5 Å². The van der Waals surface area contributed by atoms with Gasteiger partial charge in [-0.1, -0.05) is 47.5 Å². The van der Waals surface area contributed by atoms with Gasteiger partial charge in [-0.2, -0.15) is 0 Å². The molecular weight excluding hydrogens is 402 g/mol. The zero-order valence-corrected chi connectivity index (χ0v) is 15.9. The van der Waals surface area contributed by atoms with Crippen LogP contribution < -0.4 is 0 Å². The Balaban J connectivity index is 1.81. The van der Waals surface area contributed by atoms with Crippen molar-refractivity contribution in [2.24, 2.45) is 5.18 Å². The topological polar surface area (TPSA) is 49.7 Å². The minimum absolute atomic E-state index is 0.0613. The third-order valence-corrected chi connectivity index (χ3v) is 5.43. The smallest absolute Gasteiger partial charge is 0.255 e. The van der Waals surface area contributed by atoms with Gasteiger partial charge in [0.2, 0.25) is 0 Å². The molecule has 1 aliphatic rings. The van der Waals surface area contributed by atoms with Crippen LogP contribution in [0.3, 0.4) is 0 Å². The lowest BCUT2D eigenvalue weighted by Gasteiger charge is -2.26. The van der Waals surface area contributed by atoms with Crippen LogP contribution in [0.4, 0.5) is 10.1 Å². The summed E-state index contributed by atoms with van der Waals surface area (Å²) in [7, 11) is 0. The van der Waals surface area contributed by atoms with Crippen molar-refractivity contribution in [2.75, 3.05) is 0 Å². The number of nitrogens with zero attached hydrogens (tertiary/aromatic N) is 2. The number of carbonyl (C=O) groups is 1.